The summed E-state index contributed by atoms with van der Waals surface area (Å²) in [5, 5.41) is 18.8. The monoisotopic (exact) mass is 607 g/mol. The Kier molecular flexibility index (Phi) is 11.0. The zero-order chi connectivity index (χ0) is 30.2. The number of hydrogen-bond acceptors (Lipinski definition) is 8. The third-order valence-corrected chi connectivity index (χ3v) is 9.01. The largest absolute Gasteiger partial charge is 0.481 e. The van der Waals surface area contributed by atoms with E-state index >= 15 is 0 Å². The van der Waals surface area contributed by atoms with E-state index in [0.717, 1.165) is 31.9 Å². The molecule has 2 fully saturated rings. The fourth-order valence-corrected chi connectivity index (χ4v) is 6.71. The number of carbonyl (C=O) groups excluding carboxylic acids is 1. The number of hydrogen-bond donors (Lipinski definition) is 1. The van der Waals surface area contributed by atoms with Gasteiger partial charge in [0.2, 0.25) is 0 Å². The molecule has 42 heavy (non-hydrogen) atoms. The van der Waals surface area contributed by atoms with E-state index in [9.17, 15) is 19.6 Å². The van der Waals surface area contributed by atoms with E-state index in [4.69, 9.17) is 17.3 Å². The smallest absolute Gasteiger partial charge is 0.303 e. The molecule has 222 valence electrons. The lowest BCUT2D eigenvalue weighted by Crippen LogP contribution is -2.48. The molecule has 0 unspecified atom stereocenters. The first-order chi connectivity index (χ1) is 20.2. The number of anilines is 1. The number of unbranched alkanes of at least 4 members (excludes halogenated alkanes) is 2. The summed E-state index contributed by atoms with van der Waals surface area (Å²) in [5.41, 5.74) is 2.32. The summed E-state index contributed by atoms with van der Waals surface area (Å²) in [5.74, 6) is -0.280. The zero-order valence-corrected chi connectivity index (χ0v) is 25.8. The van der Waals surface area contributed by atoms with E-state index in [1.54, 1.807) is 22.5 Å². The minimum atomic E-state index is -0.825. The molecular weight excluding hydrogens is 571 g/mol. The number of benzene rings is 1. The van der Waals surface area contributed by atoms with Gasteiger partial charge in [0.05, 0.1) is 4.91 Å². The van der Waals surface area contributed by atoms with Crippen LogP contribution in [0.15, 0.2) is 40.0 Å². The summed E-state index contributed by atoms with van der Waals surface area (Å²) in [6.07, 6.45) is 4.53. The predicted molar refractivity (Wildman–Crippen MR) is 170 cm³/mol. The third kappa shape index (κ3) is 7.30. The lowest BCUT2D eigenvalue weighted by atomic mass is 10.0. The molecule has 2 aliphatic heterocycles. The van der Waals surface area contributed by atoms with Crippen molar-refractivity contribution in [3.05, 3.63) is 67.8 Å². The van der Waals surface area contributed by atoms with Crippen molar-refractivity contribution in [2.45, 2.75) is 59.0 Å². The first-order valence-corrected chi connectivity index (χ1v) is 15.6. The maximum atomic E-state index is 13.5. The Morgan fingerprint density at radius 1 is 1.10 bits per heavy atom. The molecule has 1 aromatic carbocycles. The second kappa shape index (κ2) is 14.6. The number of thioether (sulfide) groups is 1. The van der Waals surface area contributed by atoms with Crippen molar-refractivity contribution in [2.24, 2.45) is 0 Å². The molecule has 0 saturated carbocycles. The fraction of sp³-hybridized carbons (Fsp3) is 0.452. The van der Waals surface area contributed by atoms with Crippen LogP contribution in [0.2, 0.25) is 0 Å². The number of thiocarbonyl (C=S) groups is 1. The van der Waals surface area contributed by atoms with Gasteiger partial charge in [0.1, 0.15) is 21.8 Å². The van der Waals surface area contributed by atoms with Gasteiger partial charge in [-0.15, -0.1) is 0 Å². The van der Waals surface area contributed by atoms with Gasteiger partial charge in [-0.05, 0) is 43.4 Å². The summed E-state index contributed by atoms with van der Waals surface area (Å²) in [6.45, 7) is 8.57. The van der Waals surface area contributed by atoms with Crippen LogP contribution in [0.3, 0.4) is 0 Å². The van der Waals surface area contributed by atoms with Crippen LogP contribution < -0.4 is 10.5 Å². The van der Waals surface area contributed by atoms with Crippen LogP contribution in [0.25, 0.3) is 6.08 Å². The number of aromatic nitrogens is 1. The normalized spacial score (nSPS) is 16.8. The molecule has 0 bridgehead atoms. The van der Waals surface area contributed by atoms with Crippen molar-refractivity contribution in [1.82, 2.24) is 14.4 Å². The van der Waals surface area contributed by atoms with E-state index in [2.05, 4.69) is 28.0 Å². The lowest BCUT2D eigenvalue weighted by molar-refractivity contribution is -0.137. The lowest BCUT2D eigenvalue weighted by Gasteiger charge is -2.38. The van der Waals surface area contributed by atoms with Crippen LogP contribution in [-0.4, -0.2) is 68.4 Å². The second-order valence-corrected chi connectivity index (χ2v) is 12.3. The molecule has 1 N–H and O–H groups in total. The molecule has 0 atom stereocenters. The second-order valence-electron chi connectivity index (χ2n) is 10.6. The van der Waals surface area contributed by atoms with Crippen LogP contribution in [0.4, 0.5) is 5.82 Å². The van der Waals surface area contributed by atoms with Gasteiger partial charge in [-0.2, -0.15) is 5.26 Å². The highest BCUT2D eigenvalue weighted by molar-refractivity contribution is 8.26. The van der Waals surface area contributed by atoms with E-state index in [1.807, 2.05) is 25.1 Å². The number of carbonyl (C=O) groups is 2. The minimum Gasteiger partial charge on any atom is -0.481 e. The number of carboxylic acid groups (broad SMARTS) is 1. The van der Waals surface area contributed by atoms with Gasteiger partial charge in [0.15, 0.2) is 0 Å². The van der Waals surface area contributed by atoms with Gasteiger partial charge in [-0.3, -0.25) is 28.8 Å². The minimum absolute atomic E-state index is 0.0927. The fourth-order valence-electron chi connectivity index (χ4n) is 5.42. The summed E-state index contributed by atoms with van der Waals surface area (Å²) < 4.78 is 2.16. The highest BCUT2D eigenvalue weighted by Crippen LogP contribution is 2.36. The Morgan fingerprint density at radius 3 is 2.45 bits per heavy atom. The highest BCUT2D eigenvalue weighted by atomic mass is 32.2. The van der Waals surface area contributed by atoms with Crippen molar-refractivity contribution in [2.75, 3.05) is 37.6 Å². The van der Waals surface area contributed by atoms with E-state index in [0.29, 0.717) is 65.8 Å². The van der Waals surface area contributed by atoms with Gasteiger partial charge in [-0.25, -0.2) is 0 Å². The van der Waals surface area contributed by atoms with Crippen LogP contribution in [-0.2, 0) is 22.7 Å². The molecule has 0 aliphatic carbocycles. The molecule has 2 saturated heterocycles. The molecule has 9 nitrogen and oxygen atoms in total. The molecule has 2 aliphatic rings. The Morgan fingerprint density at radius 2 is 1.81 bits per heavy atom. The van der Waals surface area contributed by atoms with E-state index < -0.39 is 5.97 Å². The molecule has 1 amide bonds. The Hall–Kier alpha value is -3.46. The first kappa shape index (κ1) is 31.5. The van der Waals surface area contributed by atoms with Gasteiger partial charge in [-0.1, -0.05) is 67.7 Å². The number of nitrogens with zero attached hydrogens (tertiary/aromatic N) is 5. The number of pyridine rings is 1. The third-order valence-electron chi connectivity index (χ3n) is 7.64. The summed E-state index contributed by atoms with van der Waals surface area (Å²) in [6, 6.07) is 12.5. The number of rotatable bonds is 12. The predicted octanol–water partition coefficient (Wildman–Crippen LogP) is 4.61. The topological polar surface area (TPSA) is 110 Å². The molecule has 11 heteroatoms. The van der Waals surface area contributed by atoms with Crippen molar-refractivity contribution < 1.29 is 14.7 Å². The van der Waals surface area contributed by atoms with Gasteiger partial charge in [0, 0.05) is 57.8 Å². The van der Waals surface area contributed by atoms with Crippen molar-refractivity contribution >= 4 is 52.1 Å². The number of nitriles is 1. The molecular formula is C31H37N5O4S2. The first-order valence-electron chi connectivity index (χ1n) is 14.4. The number of aliphatic carboxylic acids is 1. The molecule has 0 radical (unpaired) electrons. The number of amides is 1. The van der Waals surface area contributed by atoms with E-state index in [-0.39, 0.29) is 23.5 Å². The van der Waals surface area contributed by atoms with Gasteiger partial charge >= 0.3 is 5.97 Å². The molecule has 4 rings (SSSR count). The van der Waals surface area contributed by atoms with Crippen LogP contribution in [0.1, 0.15) is 61.3 Å². The quantitative estimate of drug-likeness (QED) is 0.210. The van der Waals surface area contributed by atoms with Crippen molar-refractivity contribution in [3.63, 3.8) is 0 Å². The maximum absolute atomic E-state index is 13.5. The Balaban J connectivity index is 1.63. The SMILES string of the molecule is CCCn1c(N2CCN(Cc3ccccc3)CC2)c(/C=C2\SC(=S)N(CCCCCC(=O)O)C2=O)c(C)c(C#N)c1=O. The average Bonchev–Trinajstić information content (AvgIpc) is 3.24. The molecule has 1 aromatic heterocycles. The summed E-state index contributed by atoms with van der Waals surface area (Å²) >= 11 is 6.76. The standard InChI is InChI=1S/C31H37N5O4S2/c1-3-13-35-28(34-17-15-33(16-18-34)21-23-10-6-4-7-11-23)24(22(2)25(20-32)29(35)39)19-26-30(40)36(31(41)42-26)14-9-5-8-12-27(37)38/h4,6-7,10-11,19H,3,5,8-9,12-18,21H2,1-2H3,(H,37,38)/b26-19-. The maximum Gasteiger partial charge on any atom is 0.303 e. The Bertz CT molecular complexity index is 1460. The summed E-state index contributed by atoms with van der Waals surface area (Å²) in [7, 11) is 0. The van der Waals surface area contributed by atoms with Gasteiger partial charge < -0.3 is 10.0 Å². The van der Waals surface area contributed by atoms with Crippen LogP contribution in [0, 0.1) is 18.3 Å². The number of piperazine rings is 1. The highest BCUT2D eigenvalue weighted by Gasteiger charge is 2.33. The van der Waals surface area contributed by atoms with Crippen molar-refractivity contribution in [1.29, 1.82) is 5.26 Å². The average molecular weight is 608 g/mol. The molecule has 2 aromatic rings. The van der Waals surface area contributed by atoms with Crippen LogP contribution >= 0.6 is 24.0 Å². The zero-order valence-electron chi connectivity index (χ0n) is 24.2. The molecule has 3 heterocycles. The molecule has 0 spiro atoms. The van der Waals surface area contributed by atoms with E-state index in [1.165, 1.54) is 17.3 Å². The summed E-state index contributed by atoms with van der Waals surface area (Å²) in [4.78, 5) is 44.4. The van der Waals surface area contributed by atoms with Gasteiger partial charge in [0.25, 0.3) is 11.5 Å². The Labute approximate surface area is 256 Å². The number of carboxylic acids is 1. The van der Waals surface area contributed by atoms with Crippen LogP contribution in [0.5, 0.6) is 0 Å². The van der Waals surface area contributed by atoms with Crippen molar-refractivity contribution in [3.8, 4) is 6.07 Å².